The summed E-state index contributed by atoms with van der Waals surface area (Å²) in [5, 5.41) is 33.0. The van der Waals surface area contributed by atoms with E-state index in [4.69, 9.17) is 4.74 Å². The largest absolute Gasteiger partial charge is 0.632 e. The number of aliphatic hydroxyl groups excluding tert-OH is 1. The minimum atomic E-state index is -1.73. The SMILES string of the molecule is CC[C@](O)(C(=O)O[C@H]1CC[N+]2([O-])CC=C(CO)[C@H]12)c1ccccc1. The lowest BCUT2D eigenvalue weighted by molar-refractivity contribution is -0.877. The van der Waals surface area contributed by atoms with Gasteiger partial charge in [0.25, 0.3) is 0 Å². The number of hydrogen-bond acceptors (Lipinski definition) is 5. The van der Waals surface area contributed by atoms with Crippen LogP contribution < -0.4 is 0 Å². The number of rotatable bonds is 5. The third-order valence-electron chi connectivity index (χ3n) is 5.24. The molecule has 24 heavy (non-hydrogen) atoms. The van der Waals surface area contributed by atoms with E-state index in [0.29, 0.717) is 30.6 Å². The van der Waals surface area contributed by atoms with Crippen LogP contribution in [0.3, 0.4) is 0 Å². The first-order valence-electron chi connectivity index (χ1n) is 8.31. The number of esters is 1. The van der Waals surface area contributed by atoms with E-state index in [0.717, 1.165) is 0 Å². The number of nitrogens with zero attached hydrogens (tertiary/aromatic N) is 1. The van der Waals surface area contributed by atoms with Crippen molar-refractivity contribution >= 4 is 5.97 Å². The molecule has 2 aliphatic heterocycles. The molecule has 2 aliphatic rings. The van der Waals surface area contributed by atoms with E-state index in [1.54, 1.807) is 37.3 Å². The number of carbonyl (C=O) groups is 1. The molecule has 0 bridgehead atoms. The molecule has 0 aliphatic carbocycles. The van der Waals surface area contributed by atoms with Crippen LogP contribution in [0.5, 0.6) is 0 Å². The van der Waals surface area contributed by atoms with Crippen LogP contribution in [-0.2, 0) is 15.1 Å². The van der Waals surface area contributed by atoms with Crippen molar-refractivity contribution in [1.82, 2.24) is 0 Å². The summed E-state index contributed by atoms with van der Waals surface area (Å²) in [6.45, 7) is 2.15. The number of ether oxygens (including phenoxy) is 1. The fraction of sp³-hybridized carbons (Fsp3) is 0.500. The van der Waals surface area contributed by atoms with Gasteiger partial charge in [-0.1, -0.05) is 37.3 Å². The molecule has 0 aromatic heterocycles. The van der Waals surface area contributed by atoms with E-state index in [-0.39, 0.29) is 13.0 Å². The van der Waals surface area contributed by atoms with Crippen molar-refractivity contribution in [2.24, 2.45) is 0 Å². The van der Waals surface area contributed by atoms with Gasteiger partial charge < -0.3 is 24.8 Å². The molecule has 3 rings (SSSR count). The molecular weight excluding hydrogens is 310 g/mol. The summed E-state index contributed by atoms with van der Waals surface area (Å²) in [4.78, 5) is 12.7. The molecule has 1 unspecified atom stereocenters. The zero-order valence-corrected chi connectivity index (χ0v) is 13.7. The molecule has 2 N–H and O–H groups in total. The van der Waals surface area contributed by atoms with Gasteiger partial charge in [0.05, 0.1) is 19.7 Å². The Labute approximate surface area is 141 Å². The first kappa shape index (κ1) is 17.1. The van der Waals surface area contributed by atoms with E-state index >= 15 is 0 Å². The molecule has 1 aromatic rings. The number of quaternary nitrogens is 1. The van der Waals surface area contributed by atoms with Crippen LogP contribution in [0, 0.1) is 5.21 Å². The first-order chi connectivity index (χ1) is 11.4. The van der Waals surface area contributed by atoms with Crippen molar-refractivity contribution in [2.45, 2.75) is 37.5 Å². The Bertz CT molecular complexity index is 646. The number of fused-ring (bicyclic) bond motifs is 1. The quantitative estimate of drug-likeness (QED) is 0.366. The molecule has 1 saturated heterocycles. The molecule has 6 heteroatoms. The zero-order chi connectivity index (χ0) is 17.4. The Morgan fingerprint density at radius 1 is 1.42 bits per heavy atom. The average Bonchev–Trinajstić information content (AvgIpc) is 3.10. The van der Waals surface area contributed by atoms with Crippen LogP contribution in [0.25, 0.3) is 0 Å². The van der Waals surface area contributed by atoms with E-state index < -0.39 is 28.4 Å². The molecular formula is C18H23NO5. The zero-order valence-electron chi connectivity index (χ0n) is 13.7. The summed E-state index contributed by atoms with van der Waals surface area (Å²) < 4.78 is 5.09. The standard InChI is InChI=1S/C18H23NO5/c1-2-18(22,14-6-4-3-5-7-14)17(21)24-15-9-11-19(23)10-8-13(12-20)16(15)19/h3-8,15-16,20,22H,2,9-12H2,1H3/t15-,16+,18+,19?/m0/s1. The summed E-state index contributed by atoms with van der Waals surface area (Å²) in [6, 6.07) is 8.12. The van der Waals surface area contributed by atoms with Gasteiger partial charge in [-0.05, 0) is 18.1 Å². The highest BCUT2D eigenvalue weighted by atomic mass is 16.6. The highest BCUT2D eigenvalue weighted by molar-refractivity contribution is 5.81. The maximum Gasteiger partial charge on any atom is 0.343 e. The number of hydrogen-bond donors (Lipinski definition) is 2. The van der Waals surface area contributed by atoms with Gasteiger partial charge in [-0.2, -0.15) is 0 Å². The Kier molecular flexibility index (Phi) is 4.48. The van der Waals surface area contributed by atoms with Crippen LogP contribution in [0.1, 0.15) is 25.3 Å². The topological polar surface area (TPSA) is 89.8 Å². The van der Waals surface area contributed by atoms with Crippen LogP contribution >= 0.6 is 0 Å². The second kappa shape index (κ2) is 6.29. The molecule has 0 amide bonds. The molecule has 0 spiro atoms. The summed E-state index contributed by atoms with van der Waals surface area (Å²) in [6.07, 6.45) is 1.73. The third-order valence-corrected chi connectivity index (χ3v) is 5.24. The molecule has 1 fully saturated rings. The Balaban J connectivity index is 1.80. The second-order valence-corrected chi connectivity index (χ2v) is 6.55. The third kappa shape index (κ3) is 2.65. The van der Waals surface area contributed by atoms with Crippen LogP contribution in [0.4, 0.5) is 0 Å². The summed E-state index contributed by atoms with van der Waals surface area (Å²) in [5.41, 5.74) is -0.632. The fourth-order valence-corrected chi connectivity index (χ4v) is 3.78. The molecule has 1 aromatic carbocycles. The molecule has 0 radical (unpaired) electrons. The summed E-state index contributed by atoms with van der Waals surface area (Å²) >= 11 is 0. The highest BCUT2D eigenvalue weighted by Gasteiger charge is 2.51. The fourth-order valence-electron chi connectivity index (χ4n) is 3.78. The molecule has 4 atom stereocenters. The molecule has 2 heterocycles. The van der Waals surface area contributed by atoms with E-state index in [2.05, 4.69) is 0 Å². The highest BCUT2D eigenvalue weighted by Crippen LogP contribution is 2.38. The number of carbonyl (C=O) groups excluding carboxylic acids is 1. The van der Waals surface area contributed by atoms with Crippen LogP contribution in [0.2, 0.25) is 0 Å². The molecule has 0 saturated carbocycles. The monoisotopic (exact) mass is 333 g/mol. The van der Waals surface area contributed by atoms with Gasteiger partial charge in [0, 0.05) is 12.0 Å². The van der Waals surface area contributed by atoms with E-state index in [1.807, 2.05) is 6.07 Å². The summed E-state index contributed by atoms with van der Waals surface area (Å²) in [5.74, 6) is -0.737. The van der Waals surface area contributed by atoms with Crippen molar-refractivity contribution in [3.05, 3.63) is 52.8 Å². The second-order valence-electron chi connectivity index (χ2n) is 6.55. The number of aliphatic hydroxyl groups is 2. The maximum atomic E-state index is 12.7. The first-order valence-corrected chi connectivity index (χ1v) is 8.31. The van der Waals surface area contributed by atoms with Crippen molar-refractivity contribution < 1.29 is 24.4 Å². The summed E-state index contributed by atoms with van der Waals surface area (Å²) in [7, 11) is 0. The lowest BCUT2D eigenvalue weighted by atomic mass is 9.91. The van der Waals surface area contributed by atoms with Crippen molar-refractivity contribution in [3.8, 4) is 0 Å². The lowest BCUT2D eigenvalue weighted by Crippen LogP contribution is -2.49. The van der Waals surface area contributed by atoms with Crippen molar-refractivity contribution in [2.75, 3.05) is 19.7 Å². The Morgan fingerprint density at radius 2 is 2.12 bits per heavy atom. The van der Waals surface area contributed by atoms with Gasteiger partial charge in [0.2, 0.25) is 0 Å². The van der Waals surface area contributed by atoms with Gasteiger partial charge in [-0.15, -0.1) is 0 Å². The minimum absolute atomic E-state index is 0.174. The predicted molar refractivity (Wildman–Crippen MR) is 87.4 cm³/mol. The van der Waals surface area contributed by atoms with Crippen LogP contribution in [0.15, 0.2) is 42.0 Å². The number of hydroxylamine groups is 3. The van der Waals surface area contributed by atoms with Crippen molar-refractivity contribution in [1.29, 1.82) is 0 Å². The molecule has 130 valence electrons. The van der Waals surface area contributed by atoms with Gasteiger partial charge in [0.15, 0.2) is 17.7 Å². The Morgan fingerprint density at radius 3 is 2.75 bits per heavy atom. The Hall–Kier alpha value is -1.73. The van der Waals surface area contributed by atoms with Gasteiger partial charge >= 0.3 is 5.97 Å². The number of benzene rings is 1. The van der Waals surface area contributed by atoms with Gasteiger partial charge in [0.1, 0.15) is 0 Å². The normalized spacial score (nSPS) is 31.2. The van der Waals surface area contributed by atoms with Crippen LogP contribution in [-0.4, -0.2) is 52.7 Å². The van der Waals surface area contributed by atoms with Gasteiger partial charge in [-0.25, -0.2) is 4.79 Å². The average molecular weight is 333 g/mol. The predicted octanol–water partition coefficient (Wildman–Crippen LogP) is 1.22. The molecule has 6 nitrogen and oxygen atoms in total. The van der Waals surface area contributed by atoms with E-state index in [9.17, 15) is 20.2 Å². The minimum Gasteiger partial charge on any atom is -0.632 e. The maximum absolute atomic E-state index is 12.7. The van der Waals surface area contributed by atoms with Crippen molar-refractivity contribution in [3.63, 3.8) is 0 Å². The lowest BCUT2D eigenvalue weighted by Gasteiger charge is -2.40. The van der Waals surface area contributed by atoms with E-state index in [1.165, 1.54) is 0 Å². The van der Waals surface area contributed by atoms with Gasteiger partial charge in [-0.3, -0.25) is 0 Å². The smallest absolute Gasteiger partial charge is 0.343 e.